The van der Waals surface area contributed by atoms with E-state index >= 15 is 0 Å². The highest BCUT2D eigenvalue weighted by Crippen LogP contribution is 2.08. The molecule has 4 heteroatoms. The Morgan fingerprint density at radius 2 is 2.13 bits per heavy atom. The van der Waals surface area contributed by atoms with Crippen LogP contribution in [0, 0.1) is 5.92 Å². The molecule has 1 aromatic heterocycles. The van der Waals surface area contributed by atoms with Crippen LogP contribution in [0.4, 0.5) is 5.69 Å². The van der Waals surface area contributed by atoms with E-state index in [4.69, 9.17) is 10.5 Å². The molecule has 4 nitrogen and oxygen atoms in total. The lowest BCUT2D eigenvalue weighted by molar-refractivity contribution is 0.0503. The van der Waals surface area contributed by atoms with Gasteiger partial charge in [-0.15, -0.1) is 0 Å². The van der Waals surface area contributed by atoms with E-state index in [1.54, 1.807) is 23.9 Å². The van der Waals surface area contributed by atoms with E-state index in [1.807, 2.05) is 0 Å². The first-order chi connectivity index (χ1) is 7.04. The number of hydrogen-bond acceptors (Lipinski definition) is 3. The Labute approximate surface area is 89.7 Å². The van der Waals surface area contributed by atoms with Crippen molar-refractivity contribution >= 4 is 5.69 Å². The monoisotopic (exact) mass is 210 g/mol. The van der Waals surface area contributed by atoms with Gasteiger partial charge in [-0.1, -0.05) is 13.8 Å². The molecule has 1 aromatic rings. The van der Waals surface area contributed by atoms with Crippen molar-refractivity contribution in [2.75, 3.05) is 12.8 Å². The number of hydrogen-bond donors (Lipinski definition) is 1. The Morgan fingerprint density at radius 3 is 2.67 bits per heavy atom. The summed E-state index contributed by atoms with van der Waals surface area (Å²) in [5.41, 5.74) is 6.16. The van der Waals surface area contributed by atoms with Gasteiger partial charge in [0.05, 0.1) is 12.6 Å². The predicted molar refractivity (Wildman–Crippen MR) is 60.7 cm³/mol. The first-order valence-corrected chi connectivity index (χ1v) is 5.03. The van der Waals surface area contributed by atoms with Gasteiger partial charge in [0.25, 0.3) is 5.56 Å². The first kappa shape index (κ1) is 11.8. The van der Waals surface area contributed by atoms with Gasteiger partial charge in [0.2, 0.25) is 0 Å². The lowest BCUT2D eigenvalue weighted by atomic mass is 10.1. The van der Waals surface area contributed by atoms with Crippen molar-refractivity contribution in [1.29, 1.82) is 0 Å². The second-order valence-corrected chi connectivity index (χ2v) is 3.97. The first-order valence-electron chi connectivity index (χ1n) is 5.03. The summed E-state index contributed by atoms with van der Waals surface area (Å²) >= 11 is 0. The third-order valence-corrected chi connectivity index (χ3v) is 2.43. The van der Waals surface area contributed by atoms with Crippen molar-refractivity contribution < 1.29 is 4.74 Å². The van der Waals surface area contributed by atoms with E-state index < -0.39 is 0 Å². The highest BCUT2D eigenvalue weighted by atomic mass is 16.5. The van der Waals surface area contributed by atoms with Gasteiger partial charge in [0.1, 0.15) is 0 Å². The van der Waals surface area contributed by atoms with Gasteiger partial charge in [-0.05, 0) is 12.0 Å². The second-order valence-electron chi connectivity index (χ2n) is 3.97. The number of nitrogen functional groups attached to an aromatic ring is 1. The van der Waals surface area contributed by atoms with Crippen LogP contribution in [0.25, 0.3) is 0 Å². The van der Waals surface area contributed by atoms with Crippen LogP contribution in [0.3, 0.4) is 0 Å². The molecule has 0 amide bonds. The molecular formula is C11H18N2O2. The van der Waals surface area contributed by atoms with Crippen LogP contribution < -0.4 is 11.3 Å². The summed E-state index contributed by atoms with van der Waals surface area (Å²) in [5, 5.41) is 0. The molecule has 1 atom stereocenters. The molecule has 0 bridgehead atoms. The van der Waals surface area contributed by atoms with Crippen molar-refractivity contribution in [3.05, 3.63) is 28.7 Å². The molecule has 0 aliphatic rings. The summed E-state index contributed by atoms with van der Waals surface area (Å²) in [6.07, 6.45) is 1.68. The Bertz CT molecular complexity index is 371. The number of anilines is 1. The number of ether oxygens (including phenoxy) is 1. The van der Waals surface area contributed by atoms with Gasteiger partial charge in [0, 0.05) is 25.1 Å². The maximum atomic E-state index is 11.5. The van der Waals surface area contributed by atoms with Crippen LogP contribution in [0.2, 0.25) is 0 Å². The molecule has 0 saturated heterocycles. The Morgan fingerprint density at radius 1 is 1.47 bits per heavy atom. The molecule has 1 rings (SSSR count). The molecular weight excluding hydrogens is 192 g/mol. The fourth-order valence-corrected chi connectivity index (χ4v) is 1.44. The minimum atomic E-state index is -0.0492. The number of nitrogens with zero attached hydrogens (tertiary/aromatic N) is 1. The standard InChI is InChI=1S/C11H18N2O2/c1-8(2)10(15-3)7-13-6-9(12)4-5-11(13)14/h4-6,8,10H,7,12H2,1-3H3. The number of rotatable bonds is 4. The Kier molecular flexibility index (Phi) is 3.91. The molecule has 2 N–H and O–H groups in total. The third kappa shape index (κ3) is 3.09. The number of pyridine rings is 1. The van der Waals surface area contributed by atoms with Crippen LogP contribution in [0.15, 0.2) is 23.1 Å². The predicted octanol–water partition coefficient (Wildman–Crippen LogP) is 1.10. The Balaban J connectivity index is 2.87. The Hall–Kier alpha value is -1.29. The van der Waals surface area contributed by atoms with Crippen LogP contribution in [-0.4, -0.2) is 17.8 Å². The summed E-state index contributed by atoms with van der Waals surface area (Å²) < 4.78 is 6.90. The van der Waals surface area contributed by atoms with Crippen LogP contribution in [0.1, 0.15) is 13.8 Å². The topological polar surface area (TPSA) is 57.2 Å². The molecule has 0 radical (unpaired) electrons. The van der Waals surface area contributed by atoms with Crippen LogP contribution in [0.5, 0.6) is 0 Å². The quantitative estimate of drug-likeness (QED) is 0.809. The molecule has 84 valence electrons. The molecule has 1 unspecified atom stereocenters. The number of aromatic nitrogens is 1. The third-order valence-electron chi connectivity index (χ3n) is 2.43. The zero-order valence-corrected chi connectivity index (χ0v) is 9.43. The largest absolute Gasteiger partial charge is 0.398 e. The smallest absolute Gasteiger partial charge is 0.250 e. The van der Waals surface area contributed by atoms with Crippen molar-refractivity contribution in [1.82, 2.24) is 4.57 Å². The van der Waals surface area contributed by atoms with E-state index in [-0.39, 0.29) is 11.7 Å². The summed E-state index contributed by atoms with van der Waals surface area (Å²) in [7, 11) is 1.65. The minimum absolute atomic E-state index is 0.0319. The van der Waals surface area contributed by atoms with Crippen LogP contribution in [-0.2, 0) is 11.3 Å². The summed E-state index contributed by atoms with van der Waals surface area (Å²) in [6, 6.07) is 3.08. The molecule has 0 aliphatic heterocycles. The second kappa shape index (κ2) is 4.98. The maximum Gasteiger partial charge on any atom is 0.250 e. The highest BCUT2D eigenvalue weighted by Gasteiger charge is 2.13. The number of methoxy groups -OCH3 is 1. The molecule has 0 aliphatic carbocycles. The van der Waals surface area contributed by atoms with Crippen molar-refractivity contribution in [2.24, 2.45) is 5.92 Å². The average molecular weight is 210 g/mol. The van der Waals surface area contributed by atoms with Crippen molar-refractivity contribution in [2.45, 2.75) is 26.5 Å². The number of nitrogens with two attached hydrogens (primary N) is 1. The fourth-order valence-electron chi connectivity index (χ4n) is 1.44. The molecule has 15 heavy (non-hydrogen) atoms. The normalized spacial score (nSPS) is 13.1. The minimum Gasteiger partial charge on any atom is -0.398 e. The van der Waals surface area contributed by atoms with E-state index in [9.17, 15) is 4.79 Å². The lowest BCUT2D eigenvalue weighted by Crippen LogP contribution is -2.30. The van der Waals surface area contributed by atoms with Crippen molar-refractivity contribution in [3.63, 3.8) is 0 Å². The molecule has 1 heterocycles. The van der Waals surface area contributed by atoms with E-state index in [0.29, 0.717) is 18.2 Å². The summed E-state index contributed by atoms with van der Waals surface area (Å²) in [4.78, 5) is 11.5. The molecule has 0 saturated carbocycles. The van der Waals surface area contributed by atoms with E-state index in [0.717, 1.165) is 0 Å². The zero-order valence-electron chi connectivity index (χ0n) is 9.43. The maximum absolute atomic E-state index is 11.5. The fraction of sp³-hybridized carbons (Fsp3) is 0.545. The highest BCUT2D eigenvalue weighted by molar-refractivity contribution is 5.33. The van der Waals surface area contributed by atoms with Gasteiger partial charge in [0.15, 0.2) is 0 Å². The van der Waals surface area contributed by atoms with E-state index in [1.165, 1.54) is 6.07 Å². The van der Waals surface area contributed by atoms with Gasteiger partial charge >= 0.3 is 0 Å². The lowest BCUT2D eigenvalue weighted by Gasteiger charge is -2.20. The average Bonchev–Trinajstić information content (AvgIpc) is 2.18. The summed E-state index contributed by atoms with van der Waals surface area (Å²) in [6.45, 7) is 4.66. The van der Waals surface area contributed by atoms with Gasteiger partial charge in [-0.3, -0.25) is 4.79 Å². The van der Waals surface area contributed by atoms with Gasteiger partial charge < -0.3 is 15.0 Å². The summed E-state index contributed by atoms with van der Waals surface area (Å²) in [5.74, 6) is 0.364. The van der Waals surface area contributed by atoms with Crippen molar-refractivity contribution in [3.8, 4) is 0 Å². The molecule has 0 fully saturated rings. The van der Waals surface area contributed by atoms with E-state index in [2.05, 4.69) is 13.8 Å². The molecule has 0 spiro atoms. The van der Waals surface area contributed by atoms with Crippen LogP contribution >= 0.6 is 0 Å². The van der Waals surface area contributed by atoms with Gasteiger partial charge in [-0.2, -0.15) is 0 Å². The SMILES string of the molecule is COC(Cn1cc(N)ccc1=O)C(C)C. The molecule has 0 aromatic carbocycles. The zero-order chi connectivity index (χ0) is 11.4. The van der Waals surface area contributed by atoms with Gasteiger partial charge in [-0.25, -0.2) is 0 Å².